The van der Waals surface area contributed by atoms with Crippen LogP contribution in [0.15, 0.2) is 12.1 Å². The Morgan fingerprint density at radius 3 is 2.85 bits per heavy atom. The fourth-order valence-corrected chi connectivity index (χ4v) is 3.08. The van der Waals surface area contributed by atoms with Gasteiger partial charge in [-0.05, 0) is 19.1 Å². The predicted octanol–water partition coefficient (Wildman–Crippen LogP) is 1.78. The summed E-state index contributed by atoms with van der Waals surface area (Å²) in [5, 5.41) is 9.06. The lowest BCUT2D eigenvalue weighted by Crippen LogP contribution is -2.09. The molecule has 4 heteroatoms. The van der Waals surface area contributed by atoms with Crippen LogP contribution in [-0.4, -0.2) is 24.0 Å². The van der Waals surface area contributed by atoms with Gasteiger partial charge >= 0.3 is 0 Å². The van der Waals surface area contributed by atoms with Crippen LogP contribution in [0.5, 0.6) is 0 Å². The Morgan fingerprint density at radius 2 is 2.38 bits per heavy atom. The molecule has 0 aromatic carbocycles. The molecule has 1 aromatic heterocycles. The Labute approximate surface area is 87.2 Å². The van der Waals surface area contributed by atoms with E-state index >= 15 is 0 Å². The second kappa shape index (κ2) is 5.65. The number of nitrogens with two attached hydrogens (primary N) is 1. The zero-order valence-corrected chi connectivity index (χ0v) is 9.33. The van der Waals surface area contributed by atoms with Gasteiger partial charge in [0.25, 0.3) is 0 Å². The lowest BCUT2D eigenvalue weighted by Gasteiger charge is -2.10. The summed E-state index contributed by atoms with van der Waals surface area (Å²) in [7, 11) is 0. The monoisotopic (exact) mass is 217 g/mol. The number of aliphatic hydroxyl groups is 1. The Balaban J connectivity index is 2.56. The first kappa shape index (κ1) is 11.0. The third-order valence-corrected chi connectivity index (χ3v) is 4.23. The van der Waals surface area contributed by atoms with E-state index < -0.39 is 0 Å². The Kier molecular flexibility index (Phi) is 4.80. The molecule has 0 saturated heterocycles. The van der Waals surface area contributed by atoms with Crippen molar-refractivity contribution in [1.82, 2.24) is 0 Å². The molecule has 1 aromatic rings. The molecule has 0 saturated carbocycles. The average molecular weight is 217 g/mol. The van der Waals surface area contributed by atoms with Gasteiger partial charge in [-0.25, -0.2) is 0 Å². The molecule has 0 bridgehead atoms. The summed E-state index contributed by atoms with van der Waals surface area (Å²) in [5.74, 6) is 0.763. The molecular weight excluding hydrogens is 202 g/mol. The van der Waals surface area contributed by atoms with Crippen LogP contribution in [0.25, 0.3) is 0 Å². The smallest absolute Gasteiger partial charge is 0.0521 e. The van der Waals surface area contributed by atoms with E-state index in [1.807, 2.05) is 0 Å². The first-order valence-electron chi connectivity index (χ1n) is 4.26. The minimum absolute atomic E-state index is 0.228. The van der Waals surface area contributed by atoms with Gasteiger partial charge in [0.1, 0.15) is 0 Å². The first-order chi connectivity index (χ1) is 6.27. The summed E-state index contributed by atoms with van der Waals surface area (Å²) in [5.41, 5.74) is 5.66. The van der Waals surface area contributed by atoms with Crippen LogP contribution < -0.4 is 5.73 Å². The first-order valence-corrected chi connectivity index (χ1v) is 6.13. The van der Waals surface area contributed by atoms with E-state index in [1.54, 1.807) is 23.1 Å². The summed E-state index contributed by atoms with van der Waals surface area (Å²) < 4.78 is 0. The highest BCUT2D eigenvalue weighted by atomic mass is 32.2. The van der Waals surface area contributed by atoms with Crippen LogP contribution >= 0.6 is 23.1 Å². The molecule has 2 nitrogen and oxygen atoms in total. The van der Waals surface area contributed by atoms with Crippen molar-refractivity contribution in [3.8, 4) is 0 Å². The van der Waals surface area contributed by atoms with E-state index in [1.165, 1.54) is 9.75 Å². The predicted molar refractivity (Wildman–Crippen MR) is 60.4 cm³/mol. The fourth-order valence-electron chi connectivity index (χ4n) is 1.09. The zero-order valence-electron chi connectivity index (χ0n) is 7.69. The number of thioether (sulfide) groups is 1. The second-order valence-electron chi connectivity index (χ2n) is 2.77. The van der Waals surface area contributed by atoms with E-state index in [0.717, 1.165) is 5.75 Å². The summed E-state index contributed by atoms with van der Waals surface area (Å²) >= 11 is 3.51. The molecule has 0 spiro atoms. The summed E-state index contributed by atoms with van der Waals surface area (Å²) in [6.45, 7) is 2.97. The molecular formula is C9H15NOS2. The molecule has 1 rings (SSSR count). The van der Waals surface area contributed by atoms with Crippen LogP contribution in [0.3, 0.4) is 0 Å². The van der Waals surface area contributed by atoms with Crippen molar-refractivity contribution < 1.29 is 5.11 Å². The maximum absolute atomic E-state index is 8.70. The molecule has 0 aliphatic heterocycles. The van der Waals surface area contributed by atoms with Gasteiger partial charge in [-0.15, -0.1) is 23.1 Å². The number of thiophene rings is 1. The van der Waals surface area contributed by atoms with Gasteiger partial charge in [0, 0.05) is 22.1 Å². The van der Waals surface area contributed by atoms with Crippen LogP contribution in [0.4, 0.5) is 0 Å². The van der Waals surface area contributed by atoms with Crippen molar-refractivity contribution >= 4 is 23.1 Å². The maximum Gasteiger partial charge on any atom is 0.0521 e. The summed E-state index contributed by atoms with van der Waals surface area (Å²) in [6, 6.07) is 4.24. The third kappa shape index (κ3) is 3.31. The number of aliphatic hydroxyl groups excluding tert-OH is 1. The number of hydrogen-bond donors (Lipinski definition) is 2. The van der Waals surface area contributed by atoms with Gasteiger partial charge in [0.05, 0.1) is 11.9 Å². The molecule has 0 fully saturated rings. The van der Waals surface area contributed by atoms with Crippen LogP contribution in [-0.2, 0) is 0 Å². The SMILES string of the molecule is Cc1ccc(C(CN)SCCO)s1. The summed E-state index contributed by atoms with van der Waals surface area (Å²) in [4.78, 5) is 2.64. The largest absolute Gasteiger partial charge is 0.396 e. The number of hydrogen-bond acceptors (Lipinski definition) is 4. The molecule has 1 atom stereocenters. The van der Waals surface area contributed by atoms with E-state index in [0.29, 0.717) is 11.8 Å². The molecule has 74 valence electrons. The van der Waals surface area contributed by atoms with Gasteiger partial charge in [0.2, 0.25) is 0 Å². The zero-order chi connectivity index (χ0) is 9.68. The molecule has 13 heavy (non-hydrogen) atoms. The molecule has 0 aliphatic rings. The van der Waals surface area contributed by atoms with Crippen LogP contribution in [0, 0.1) is 6.92 Å². The lowest BCUT2D eigenvalue weighted by molar-refractivity contribution is 0.322. The van der Waals surface area contributed by atoms with E-state index in [4.69, 9.17) is 10.8 Å². The normalized spacial score (nSPS) is 13.2. The minimum Gasteiger partial charge on any atom is -0.396 e. The molecule has 3 N–H and O–H groups in total. The maximum atomic E-state index is 8.70. The standard InChI is InChI=1S/C9H15NOS2/c1-7-2-3-8(13-7)9(6-10)12-5-4-11/h2-3,9,11H,4-6,10H2,1H3. The highest BCUT2D eigenvalue weighted by Crippen LogP contribution is 2.32. The van der Waals surface area contributed by atoms with Gasteiger partial charge in [-0.3, -0.25) is 0 Å². The van der Waals surface area contributed by atoms with Crippen molar-refractivity contribution in [2.24, 2.45) is 5.73 Å². The molecule has 1 heterocycles. The average Bonchev–Trinajstić information content (AvgIpc) is 2.54. The third-order valence-electron chi connectivity index (χ3n) is 1.70. The lowest BCUT2D eigenvalue weighted by atomic mass is 10.3. The topological polar surface area (TPSA) is 46.2 Å². The van der Waals surface area contributed by atoms with Crippen molar-refractivity contribution in [2.45, 2.75) is 12.2 Å². The number of rotatable bonds is 5. The van der Waals surface area contributed by atoms with Gasteiger partial charge in [-0.1, -0.05) is 0 Å². The van der Waals surface area contributed by atoms with Crippen molar-refractivity contribution in [2.75, 3.05) is 18.9 Å². The van der Waals surface area contributed by atoms with Crippen molar-refractivity contribution in [3.63, 3.8) is 0 Å². The van der Waals surface area contributed by atoms with E-state index in [9.17, 15) is 0 Å². The quantitative estimate of drug-likeness (QED) is 0.790. The minimum atomic E-state index is 0.228. The van der Waals surface area contributed by atoms with E-state index in [-0.39, 0.29) is 6.61 Å². The van der Waals surface area contributed by atoms with Gasteiger partial charge in [0.15, 0.2) is 0 Å². The number of aryl methyl sites for hydroxylation is 1. The van der Waals surface area contributed by atoms with Crippen LogP contribution in [0.2, 0.25) is 0 Å². The van der Waals surface area contributed by atoms with E-state index in [2.05, 4.69) is 19.1 Å². The highest BCUT2D eigenvalue weighted by molar-refractivity contribution is 7.99. The van der Waals surface area contributed by atoms with Crippen LogP contribution in [0.1, 0.15) is 15.0 Å². The Morgan fingerprint density at radius 1 is 1.62 bits per heavy atom. The molecule has 0 aliphatic carbocycles. The second-order valence-corrected chi connectivity index (χ2v) is 5.40. The van der Waals surface area contributed by atoms with Crippen molar-refractivity contribution in [1.29, 1.82) is 0 Å². The molecule has 0 amide bonds. The Bertz CT molecular complexity index is 250. The van der Waals surface area contributed by atoms with Gasteiger partial charge < -0.3 is 10.8 Å². The fraction of sp³-hybridized carbons (Fsp3) is 0.556. The van der Waals surface area contributed by atoms with Gasteiger partial charge in [-0.2, -0.15) is 0 Å². The summed E-state index contributed by atoms with van der Waals surface area (Å²) in [6.07, 6.45) is 0. The molecule has 1 unspecified atom stereocenters. The van der Waals surface area contributed by atoms with Crippen molar-refractivity contribution in [3.05, 3.63) is 21.9 Å². The molecule has 0 radical (unpaired) electrons. The Hall–Kier alpha value is -0.0300. The highest BCUT2D eigenvalue weighted by Gasteiger charge is 2.11.